The first-order valence-electron chi connectivity index (χ1n) is 8.14. The predicted octanol–water partition coefficient (Wildman–Crippen LogP) is 4.07. The SMILES string of the molecule is O=C(CSC12CC3CC(CC(C3)C1)C2)NCc1cccs1. The molecule has 0 atom stereocenters. The van der Waals surface area contributed by atoms with Crippen molar-refractivity contribution in [2.45, 2.75) is 49.8 Å². The molecule has 4 bridgehead atoms. The van der Waals surface area contributed by atoms with Crippen LogP contribution >= 0.6 is 23.1 Å². The minimum Gasteiger partial charge on any atom is -0.350 e. The maximum atomic E-state index is 12.1. The average molecular weight is 322 g/mol. The summed E-state index contributed by atoms with van der Waals surface area (Å²) in [5.41, 5.74) is 0. The molecular formula is C17H23NOS2. The minimum atomic E-state index is 0.212. The lowest BCUT2D eigenvalue weighted by Crippen LogP contribution is -2.49. The van der Waals surface area contributed by atoms with Gasteiger partial charge in [-0.2, -0.15) is 0 Å². The molecule has 21 heavy (non-hydrogen) atoms. The van der Waals surface area contributed by atoms with Crippen molar-refractivity contribution in [3.63, 3.8) is 0 Å². The largest absolute Gasteiger partial charge is 0.350 e. The second-order valence-electron chi connectivity index (χ2n) is 7.25. The zero-order valence-corrected chi connectivity index (χ0v) is 14.0. The second kappa shape index (κ2) is 5.62. The Hall–Kier alpha value is -0.480. The first-order valence-corrected chi connectivity index (χ1v) is 10.0. The van der Waals surface area contributed by atoms with E-state index in [-0.39, 0.29) is 5.91 Å². The zero-order chi connectivity index (χ0) is 14.3. The molecule has 114 valence electrons. The molecule has 4 fully saturated rings. The smallest absolute Gasteiger partial charge is 0.230 e. The Bertz CT molecular complexity index is 476. The summed E-state index contributed by atoms with van der Waals surface area (Å²) < 4.78 is 0.453. The van der Waals surface area contributed by atoms with Gasteiger partial charge < -0.3 is 5.32 Å². The maximum Gasteiger partial charge on any atom is 0.230 e. The van der Waals surface area contributed by atoms with Crippen molar-refractivity contribution < 1.29 is 4.79 Å². The van der Waals surface area contributed by atoms with Gasteiger partial charge in [0.25, 0.3) is 0 Å². The Labute approximate surface area is 135 Å². The van der Waals surface area contributed by atoms with E-state index in [1.807, 2.05) is 17.8 Å². The van der Waals surface area contributed by atoms with Crippen LogP contribution in [0.2, 0.25) is 0 Å². The lowest BCUT2D eigenvalue weighted by atomic mass is 9.56. The van der Waals surface area contributed by atoms with Gasteiger partial charge in [0.1, 0.15) is 0 Å². The summed E-state index contributed by atoms with van der Waals surface area (Å²) in [5.74, 6) is 3.77. The van der Waals surface area contributed by atoms with Crippen LogP contribution in [0.1, 0.15) is 43.4 Å². The molecule has 1 aromatic heterocycles. The monoisotopic (exact) mass is 321 g/mol. The number of thiophene rings is 1. The van der Waals surface area contributed by atoms with Gasteiger partial charge in [0.05, 0.1) is 12.3 Å². The van der Waals surface area contributed by atoms with E-state index in [4.69, 9.17) is 0 Å². The zero-order valence-electron chi connectivity index (χ0n) is 12.3. The Morgan fingerprint density at radius 1 is 1.24 bits per heavy atom. The summed E-state index contributed by atoms with van der Waals surface area (Å²) in [6.45, 7) is 0.692. The fraction of sp³-hybridized carbons (Fsp3) is 0.706. The third-order valence-electron chi connectivity index (χ3n) is 5.53. The molecule has 1 amide bonds. The Balaban J connectivity index is 1.29. The summed E-state index contributed by atoms with van der Waals surface area (Å²) in [7, 11) is 0. The number of rotatable bonds is 5. The summed E-state index contributed by atoms with van der Waals surface area (Å²) in [5, 5.41) is 5.13. The summed E-state index contributed by atoms with van der Waals surface area (Å²) >= 11 is 3.68. The van der Waals surface area contributed by atoms with Gasteiger partial charge in [-0.25, -0.2) is 0 Å². The quantitative estimate of drug-likeness (QED) is 0.886. The van der Waals surface area contributed by atoms with Crippen LogP contribution in [0.3, 0.4) is 0 Å². The van der Waals surface area contributed by atoms with Crippen LogP contribution in [0.5, 0.6) is 0 Å². The summed E-state index contributed by atoms with van der Waals surface area (Å²) in [6, 6.07) is 4.12. The van der Waals surface area contributed by atoms with Gasteiger partial charge in [-0.05, 0) is 67.7 Å². The van der Waals surface area contributed by atoms with Crippen LogP contribution in [0.4, 0.5) is 0 Å². The maximum absolute atomic E-state index is 12.1. The first-order chi connectivity index (χ1) is 10.2. The molecular weight excluding hydrogens is 298 g/mol. The molecule has 0 aromatic carbocycles. The molecule has 1 heterocycles. The van der Waals surface area contributed by atoms with Gasteiger partial charge in [-0.3, -0.25) is 4.79 Å². The summed E-state index contributed by atoms with van der Waals surface area (Å²) in [4.78, 5) is 13.3. The highest BCUT2D eigenvalue weighted by molar-refractivity contribution is 8.01. The van der Waals surface area contributed by atoms with Crippen molar-refractivity contribution in [1.29, 1.82) is 0 Å². The van der Waals surface area contributed by atoms with Crippen molar-refractivity contribution in [3.05, 3.63) is 22.4 Å². The van der Waals surface area contributed by atoms with E-state index in [9.17, 15) is 4.79 Å². The van der Waals surface area contributed by atoms with E-state index < -0.39 is 0 Å². The minimum absolute atomic E-state index is 0.212. The van der Waals surface area contributed by atoms with Crippen molar-refractivity contribution in [2.24, 2.45) is 17.8 Å². The predicted molar refractivity (Wildman–Crippen MR) is 89.5 cm³/mol. The van der Waals surface area contributed by atoms with E-state index in [0.29, 0.717) is 17.0 Å². The van der Waals surface area contributed by atoms with Gasteiger partial charge in [-0.1, -0.05) is 6.07 Å². The average Bonchev–Trinajstić information content (AvgIpc) is 2.95. The Morgan fingerprint density at radius 3 is 2.48 bits per heavy atom. The van der Waals surface area contributed by atoms with E-state index >= 15 is 0 Å². The third-order valence-corrected chi connectivity index (χ3v) is 7.93. The molecule has 1 N–H and O–H groups in total. The fourth-order valence-electron chi connectivity index (χ4n) is 5.08. The molecule has 0 spiro atoms. The number of nitrogens with one attached hydrogen (secondary N) is 1. The van der Waals surface area contributed by atoms with Crippen molar-refractivity contribution in [1.82, 2.24) is 5.32 Å². The first kappa shape index (κ1) is 14.1. The standard InChI is InChI=1S/C17H23NOS2/c19-16(18-10-15-2-1-3-20-15)11-21-17-7-12-4-13(8-17)6-14(5-12)9-17/h1-3,12-14H,4-11H2,(H,18,19). The molecule has 0 unspecified atom stereocenters. The van der Waals surface area contributed by atoms with Gasteiger partial charge in [0, 0.05) is 9.62 Å². The highest BCUT2D eigenvalue weighted by Crippen LogP contribution is 2.60. The normalized spacial score (nSPS) is 36.9. The van der Waals surface area contributed by atoms with E-state index in [0.717, 1.165) is 17.8 Å². The van der Waals surface area contributed by atoms with E-state index in [1.54, 1.807) is 11.3 Å². The molecule has 1 aromatic rings. The van der Waals surface area contributed by atoms with Gasteiger partial charge in [0.15, 0.2) is 0 Å². The number of amides is 1. The number of hydrogen-bond acceptors (Lipinski definition) is 3. The molecule has 4 saturated carbocycles. The van der Waals surface area contributed by atoms with E-state index in [1.165, 1.54) is 43.4 Å². The van der Waals surface area contributed by atoms with Crippen molar-refractivity contribution in [2.75, 3.05) is 5.75 Å². The molecule has 0 aliphatic heterocycles. The van der Waals surface area contributed by atoms with E-state index in [2.05, 4.69) is 16.8 Å². The topological polar surface area (TPSA) is 29.1 Å². The molecule has 4 aliphatic carbocycles. The molecule has 4 heteroatoms. The van der Waals surface area contributed by atoms with Crippen LogP contribution in [0.15, 0.2) is 17.5 Å². The fourth-order valence-corrected chi connectivity index (χ4v) is 7.32. The lowest BCUT2D eigenvalue weighted by Gasteiger charge is -2.56. The number of carbonyl (C=O) groups excluding carboxylic acids is 1. The third kappa shape index (κ3) is 3.02. The van der Waals surface area contributed by atoms with Crippen LogP contribution in [0, 0.1) is 17.8 Å². The molecule has 0 radical (unpaired) electrons. The molecule has 0 saturated heterocycles. The summed E-state index contributed by atoms with van der Waals surface area (Å²) in [6.07, 6.45) is 8.56. The van der Waals surface area contributed by atoms with Crippen LogP contribution < -0.4 is 5.32 Å². The molecule has 2 nitrogen and oxygen atoms in total. The van der Waals surface area contributed by atoms with Crippen LogP contribution in [-0.2, 0) is 11.3 Å². The number of thioether (sulfide) groups is 1. The van der Waals surface area contributed by atoms with Crippen molar-refractivity contribution in [3.8, 4) is 0 Å². The Kier molecular flexibility index (Phi) is 3.78. The molecule has 5 rings (SSSR count). The van der Waals surface area contributed by atoms with Gasteiger partial charge in [0.2, 0.25) is 5.91 Å². The molecule has 4 aliphatic rings. The second-order valence-corrected chi connectivity index (χ2v) is 9.72. The van der Waals surface area contributed by atoms with Crippen LogP contribution in [0.25, 0.3) is 0 Å². The number of carbonyl (C=O) groups is 1. The highest BCUT2D eigenvalue weighted by atomic mass is 32.2. The van der Waals surface area contributed by atoms with Crippen LogP contribution in [-0.4, -0.2) is 16.4 Å². The van der Waals surface area contributed by atoms with Crippen molar-refractivity contribution >= 4 is 29.0 Å². The number of hydrogen-bond donors (Lipinski definition) is 1. The Morgan fingerprint density at radius 2 is 1.90 bits per heavy atom. The lowest BCUT2D eigenvalue weighted by molar-refractivity contribution is -0.118. The highest BCUT2D eigenvalue weighted by Gasteiger charge is 2.51. The van der Waals surface area contributed by atoms with Gasteiger partial charge >= 0.3 is 0 Å². The van der Waals surface area contributed by atoms with Gasteiger partial charge in [-0.15, -0.1) is 23.1 Å².